The van der Waals surface area contributed by atoms with Gasteiger partial charge in [0.25, 0.3) is 0 Å². The number of nitrogens with one attached hydrogen (secondary N) is 2. The van der Waals surface area contributed by atoms with E-state index in [1.54, 1.807) is 0 Å². The number of hydrogen-bond acceptors (Lipinski definition) is 3. The molecular formula is C20H28BrN3O2. The monoisotopic (exact) mass is 421 g/mol. The first kappa shape index (κ1) is 19.4. The highest BCUT2D eigenvalue weighted by atomic mass is 79.9. The molecule has 0 radical (unpaired) electrons. The van der Waals surface area contributed by atoms with Gasteiger partial charge in [-0.25, -0.2) is 0 Å². The first-order chi connectivity index (χ1) is 12.6. The lowest BCUT2D eigenvalue weighted by molar-refractivity contribution is -0.138. The lowest BCUT2D eigenvalue weighted by Crippen LogP contribution is -2.56. The average molecular weight is 422 g/mol. The Morgan fingerprint density at radius 2 is 2.08 bits per heavy atom. The largest absolute Gasteiger partial charge is 0.356 e. The molecular weight excluding hydrogens is 394 g/mol. The minimum absolute atomic E-state index is 0.0176. The Bertz CT molecular complexity index is 631. The van der Waals surface area contributed by atoms with Gasteiger partial charge in [-0.3, -0.25) is 9.59 Å². The van der Waals surface area contributed by atoms with Gasteiger partial charge in [0, 0.05) is 30.7 Å². The maximum atomic E-state index is 12.7. The molecule has 5 nitrogen and oxygen atoms in total. The summed E-state index contributed by atoms with van der Waals surface area (Å²) in [5, 5.41) is 6.24. The van der Waals surface area contributed by atoms with Crippen molar-refractivity contribution in [2.24, 2.45) is 5.92 Å². The van der Waals surface area contributed by atoms with E-state index in [1.165, 1.54) is 32.1 Å². The van der Waals surface area contributed by atoms with Crippen LogP contribution in [-0.2, 0) is 16.1 Å². The fraction of sp³-hybridized carbons (Fsp3) is 0.600. The molecule has 142 valence electrons. The second-order valence-corrected chi connectivity index (χ2v) is 8.32. The predicted octanol–water partition coefficient (Wildman–Crippen LogP) is 2.84. The maximum Gasteiger partial charge on any atom is 0.240 e. The minimum Gasteiger partial charge on any atom is -0.356 e. The first-order valence-electron chi connectivity index (χ1n) is 9.65. The number of hydrogen-bond donors (Lipinski definition) is 2. The fourth-order valence-electron chi connectivity index (χ4n) is 3.87. The van der Waals surface area contributed by atoms with Crippen molar-refractivity contribution in [3.8, 4) is 0 Å². The van der Waals surface area contributed by atoms with Crippen LogP contribution in [0.3, 0.4) is 0 Å². The Kier molecular flexibility index (Phi) is 7.08. The van der Waals surface area contributed by atoms with Gasteiger partial charge in [0.05, 0.1) is 12.5 Å². The van der Waals surface area contributed by atoms with Crippen LogP contribution in [0.25, 0.3) is 0 Å². The van der Waals surface area contributed by atoms with Gasteiger partial charge in [-0.05, 0) is 36.5 Å². The van der Waals surface area contributed by atoms with E-state index in [1.807, 2.05) is 29.2 Å². The summed E-state index contributed by atoms with van der Waals surface area (Å²) in [6.07, 6.45) is 6.50. The van der Waals surface area contributed by atoms with Gasteiger partial charge >= 0.3 is 0 Å². The van der Waals surface area contributed by atoms with Crippen molar-refractivity contribution in [1.82, 2.24) is 15.5 Å². The van der Waals surface area contributed by atoms with Crippen LogP contribution in [0.4, 0.5) is 0 Å². The smallest absolute Gasteiger partial charge is 0.240 e. The summed E-state index contributed by atoms with van der Waals surface area (Å²) in [4.78, 5) is 26.9. The highest BCUT2D eigenvalue weighted by Crippen LogP contribution is 2.22. The molecule has 1 saturated carbocycles. The summed E-state index contributed by atoms with van der Waals surface area (Å²) in [6.45, 7) is 2.73. The number of piperazine rings is 1. The molecule has 2 N–H and O–H groups in total. The van der Waals surface area contributed by atoms with E-state index in [9.17, 15) is 9.59 Å². The molecule has 0 spiro atoms. The Labute approximate surface area is 164 Å². The van der Waals surface area contributed by atoms with Crippen LogP contribution in [0.1, 0.15) is 44.1 Å². The lowest BCUT2D eigenvalue weighted by Gasteiger charge is -2.33. The van der Waals surface area contributed by atoms with Crippen LogP contribution in [0.2, 0.25) is 0 Å². The van der Waals surface area contributed by atoms with E-state index in [-0.39, 0.29) is 18.2 Å². The molecule has 2 aliphatic rings. The van der Waals surface area contributed by atoms with Gasteiger partial charge in [-0.15, -0.1) is 0 Å². The Morgan fingerprint density at radius 1 is 1.27 bits per heavy atom. The van der Waals surface area contributed by atoms with Crippen LogP contribution >= 0.6 is 15.9 Å². The van der Waals surface area contributed by atoms with Crippen LogP contribution in [-0.4, -0.2) is 42.4 Å². The van der Waals surface area contributed by atoms with Gasteiger partial charge in [-0.2, -0.15) is 0 Å². The summed E-state index contributed by atoms with van der Waals surface area (Å²) < 4.78 is 1.01. The summed E-state index contributed by atoms with van der Waals surface area (Å²) in [5.41, 5.74) is 1.09. The fourth-order valence-corrected chi connectivity index (χ4v) is 4.32. The van der Waals surface area contributed by atoms with E-state index in [0.717, 1.165) is 23.1 Å². The maximum absolute atomic E-state index is 12.7. The Hall–Kier alpha value is -1.40. The number of rotatable bonds is 6. The first-order valence-corrected chi connectivity index (χ1v) is 10.4. The third-order valence-electron chi connectivity index (χ3n) is 5.35. The van der Waals surface area contributed by atoms with Crippen molar-refractivity contribution < 1.29 is 9.59 Å². The summed E-state index contributed by atoms with van der Waals surface area (Å²) >= 11 is 3.47. The molecule has 1 aliphatic heterocycles. The van der Waals surface area contributed by atoms with Crippen LogP contribution in [0.15, 0.2) is 28.7 Å². The summed E-state index contributed by atoms with van der Waals surface area (Å²) in [5.74, 6) is 0.602. The lowest BCUT2D eigenvalue weighted by atomic mass is 9.89. The van der Waals surface area contributed by atoms with Crippen molar-refractivity contribution in [3.63, 3.8) is 0 Å². The van der Waals surface area contributed by atoms with Gasteiger partial charge < -0.3 is 15.5 Å². The van der Waals surface area contributed by atoms with Crippen molar-refractivity contribution in [1.29, 1.82) is 0 Å². The highest BCUT2D eigenvalue weighted by Gasteiger charge is 2.30. The molecule has 1 atom stereocenters. The van der Waals surface area contributed by atoms with Gasteiger partial charge in [-0.1, -0.05) is 47.3 Å². The number of carbonyl (C=O) groups excluding carboxylic acids is 2. The summed E-state index contributed by atoms with van der Waals surface area (Å²) in [6, 6.07) is 7.58. The normalized spacial score (nSPS) is 21.7. The molecule has 1 unspecified atom stereocenters. The van der Waals surface area contributed by atoms with Crippen LogP contribution < -0.4 is 10.6 Å². The summed E-state index contributed by atoms with van der Waals surface area (Å²) in [7, 11) is 0. The zero-order valence-electron chi connectivity index (χ0n) is 15.2. The number of carbonyl (C=O) groups is 2. The molecule has 3 rings (SSSR count). The molecule has 1 aromatic rings. The van der Waals surface area contributed by atoms with Crippen LogP contribution in [0, 0.1) is 5.92 Å². The minimum atomic E-state index is -0.415. The average Bonchev–Trinajstić information content (AvgIpc) is 2.64. The molecule has 1 saturated heterocycles. The van der Waals surface area contributed by atoms with E-state index in [0.29, 0.717) is 19.0 Å². The highest BCUT2D eigenvalue weighted by molar-refractivity contribution is 9.10. The van der Waals surface area contributed by atoms with E-state index >= 15 is 0 Å². The second kappa shape index (κ2) is 9.51. The molecule has 1 aliphatic carbocycles. The van der Waals surface area contributed by atoms with Gasteiger partial charge in [0.15, 0.2) is 0 Å². The van der Waals surface area contributed by atoms with Gasteiger partial charge in [0.2, 0.25) is 11.8 Å². The zero-order chi connectivity index (χ0) is 18.4. The zero-order valence-corrected chi connectivity index (χ0v) is 16.8. The molecule has 0 aromatic heterocycles. The molecule has 6 heteroatoms. The molecule has 26 heavy (non-hydrogen) atoms. The third kappa shape index (κ3) is 5.55. The number of halogens is 1. The molecule has 1 aromatic carbocycles. The molecule has 1 heterocycles. The number of amides is 2. The predicted molar refractivity (Wildman–Crippen MR) is 106 cm³/mol. The number of benzene rings is 1. The van der Waals surface area contributed by atoms with E-state index in [2.05, 4.69) is 26.6 Å². The SMILES string of the molecule is O=C(CC1NCCN(Cc2cccc(Br)c2)C1=O)NCC1CCCCC1. The Balaban J connectivity index is 1.48. The number of nitrogens with zero attached hydrogens (tertiary/aromatic N) is 1. The van der Waals surface area contributed by atoms with Crippen LogP contribution in [0.5, 0.6) is 0 Å². The molecule has 0 bridgehead atoms. The van der Waals surface area contributed by atoms with Crippen molar-refractivity contribution >= 4 is 27.7 Å². The third-order valence-corrected chi connectivity index (χ3v) is 5.84. The molecule has 2 amide bonds. The second-order valence-electron chi connectivity index (χ2n) is 7.41. The standard InChI is InChI=1S/C20H28BrN3O2/c21-17-8-4-7-16(11-17)14-24-10-9-22-18(20(24)26)12-19(25)23-13-15-5-2-1-3-6-15/h4,7-8,11,15,18,22H,1-3,5-6,9-10,12-14H2,(H,23,25). The van der Waals surface area contributed by atoms with Gasteiger partial charge in [0.1, 0.15) is 0 Å². The van der Waals surface area contributed by atoms with Crippen molar-refractivity contribution in [3.05, 3.63) is 34.3 Å². The topological polar surface area (TPSA) is 61.4 Å². The molecule has 2 fully saturated rings. The van der Waals surface area contributed by atoms with E-state index in [4.69, 9.17) is 0 Å². The van der Waals surface area contributed by atoms with E-state index < -0.39 is 6.04 Å². The Morgan fingerprint density at radius 3 is 2.85 bits per heavy atom. The van der Waals surface area contributed by atoms with Crippen molar-refractivity contribution in [2.75, 3.05) is 19.6 Å². The van der Waals surface area contributed by atoms with Crippen molar-refractivity contribution in [2.45, 2.75) is 51.1 Å². The quantitative estimate of drug-likeness (QED) is 0.741.